The maximum Gasteiger partial charge on any atom is 0.324 e. The largest absolute Gasteiger partial charge is 0.465 e. The first kappa shape index (κ1) is 29.4. The molecule has 0 saturated carbocycles. The van der Waals surface area contributed by atoms with Crippen molar-refractivity contribution >= 4 is 27.7 Å². The Hall–Kier alpha value is -2.68. The number of carbonyl (C=O) groups is 3. The first-order chi connectivity index (χ1) is 15.8. The molecule has 1 unspecified atom stereocenters. The van der Waals surface area contributed by atoms with Gasteiger partial charge in [0, 0.05) is 6.42 Å². The molecule has 0 aliphatic carbocycles. The second-order valence-corrected chi connectivity index (χ2v) is 10.9. The van der Waals surface area contributed by atoms with Gasteiger partial charge in [0.25, 0.3) is 0 Å². The summed E-state index contributed by atoms with van der Waals surface area (Å²) in [5.41, 5.74) is -0.562. The van der Waals surface area contributed by atoms with E-state index in [4.69, 9.17) is 14.2 Å². The summed E-state index contributed by atoms with van der Waals surface area (Å²) in [6.07, 6.45) is -0.955. The summed E-state index contributed by atoms with van der Waals surface area (Å²) in [4.78, 5) is 39.8. The normalized spacial score (nSPS) is 12.8. The van der Waals surface area contributed by atoms with Gasteiger partial charge in [-0.25, -0.2) is 8.42 Å². The fourth-order valence-electron chi connectivity index (χ4n) is 3.36. The molecule has 0 spiro atoms. The summed E-state index contributed by atoms with van der Waals surface area (Å²) in [6, 6.07) is 7.07. The molecule has 0 radical (unpaired) electrons. The Labute approximate surface area is 202 Å². The van der Waals surface area contributed by atoms with Crippen molar-refractivity contribution < 1.29 is 37.0 Å². The van der Waals surface area contributed by atoms with Crippen LogP contribution < -0.4 is 0 Å². The van der Waals surface area contributed by atoms with Crippen LogP contribution in [0.3, 0.4) is 0 Å². The lowest BCUT2D eigenvalue weighted by atomic mass is 9.77. The highest BCUT2D eigenvalue weighted by atomic mass is 32.2. The van der Waals surface area contributed by atoms with E-state index in [1.165, 1.54) is 6.92 Å². The van der Waals surface area contributed by atoms with E-state index in [-0.39, 0.29) is 13.0 Å². The molecule has 0 N–H and O–H groups in total. The fraction of sp³-hybridized carbons (Fsp3) is 0.560. The molecule has 9 heteroatoms. The molecule has 0 aliphatic rings. The van der Waals surface area contributed by atoms with E-state index >= 15 is 0 Å². The zero-order valence-electron chi connectivity index (χ0n) is 20.8. The first-order valence-corrected chi connectivity index (χ1v) is 13.0. The van der Waals surface area contributed by atoms with Crippen molar-refractivity contribution in [2.75, 3.05) is 12.4 Å². The Bertz CT molecular complexity index is 939. The molecule has 0 aliphatic heterocycles. The number of hydrogen-bond acceptors (Lipinski definition) is 8. The van der Waals surface area contributed by atoms with Crippen LogP contribution in [0.2, 0.25) is 0 Å². The molecule has 0 fully saturated rings. The number of hydrogen-bond donors (Lipinski definition) is 0. The van der Waals surface area contributed by atoms with E-state index in [1.54, 1.807) is 52.0 Å². The van der Waals surface area contributed by atoms with Gasteiger partial charge in [0.05, 0.1) is 24.6 Å². The average molecular weight is 497 g/mol. The lowest BCUT2D eigenvalue weighted by molar-refractivity contribution is -0.178. The molecular weight excluding hydrogens is 460 g/mol. The van der Waals surface area contributed by atoms with Crippen LogP contribution in [0.25, 0.3) is 0 Å². The van der Waals surface area contributed by atoms with E-state index in [0.717, 1.165) is 11.6 Å². The van der Waals surface area contributed by atoms with Gasteiger partial charge in [-0.2, -0.15) is 0 Å². The van der Waals surface area contributed by atoms with Gasteiger partial charge in [-0.15, -0.1) is 6.58 Å². The van der Waals surface area contributed by atoms with E-state index in [9.17, 15) is 22.8 Å². The molecule has 1 atom stereocenters. The average Bonchev–Trinajstić information content (AvgIpc) is 2.71. The highest BCUT2D eigenvalue weighted by Gasteiger charge is 2.54. The first-order valence-electron chi connectivity index (χ1n) is 11.3. The lowest BCUT2D eigenvalue weighted by Crippen LogP contribution is -2.50. The third kappa shape index (κ3) is 7.97. The van der Waals surface area contributed by atoms with Crippen LogP contribution in [0.5, 0.6) is 0 Å². The summed E-state index contributed by atoms with van der Waals surface area (Å²) in [6.45, 7) is 13.2. The molecule has 190 valence electrons. The summed E-state index contributed by atoms with van der Waals surface area (Å²) in [7, 11) is -4.16. The van der Waals surface area contributed by atoms with Gasteiger partial charge in [-0.1, -0.05) is 35.9 Å². The predicted octanol–water partition coefficient (Wildman–Crippen LogP) is 3.35. The van der Waals surface area contributed by atoms with Crippen LogP contribution in [0.15, 0.2) is 36.9 Å². The maximum absolute atomic E-state index is 13.5. The molecule has 0 heterocycles. The number of esters is 3. The van der Waals surface area contributed by atoms with E-state index in [1.807, 2.05) is 6.92 Å². The quantitative estimate of drug-likeness (QED) is 0.177. The number of sulfone groups is 1. The van der Waals surface area contributed by atoms with Crippen LogP contribution in [-0.4, -0.2) is 56.1 Å². The third-order valence-corrected chi connectivity index (χ3v) is 6.89. The van der Waals surface area contributed by atoms with Crippen molar-refractivity contribution in [3.05, 3.63) is 48.0 Å². The smallest absolute Gasteiger partial charge is 0.324 e. The molecular formula is C25H36O8S. The second kappa shape index (κ2) is 12.7. The second-order valence-electron chi connectivity index (χ2n) is 8.72. The topological polar surface area (TPSA) is 113 Å². The van der Waals surface area contributed by atoms with Gasteiger partial charge >= 0.3 is 17.9 Å². The summed E-state index contributed by atoms with van der Waals surface area (Å²) >= 11 is 0. The molecule has 0 amide bonds. The third-order valence-electron chi connectivity index (χ3n) is 4.96. The van der Waals surface area contributed by atoms with E-state index in [0.29, 0.717) is 5.56 Å². The minimum Gasteiger partial charge on any atom is -0.465 e. The standard InChI is InChI=1S/C25H36O8S/c1-8-14-34(29,30)21(22(26)31-9-2)16-25(23(27)32-17(3)4,24(28)33-18(5)6)15-20-12-10-19(7)11-13-20/h8,10-13,17-18,21H,1,9,14-16H2,2-7H3. The predicted molar refractivity (Wildman–Crippen MR) is 129 cm³/mol. The van der Waals surface area contributed by atoms with Crippen molar-refractivity contribution in [3.8, 4) is 0 Å². The zero-order chi connectivity index (χ0) is 26.1. The zero-order valence-corrected chi connectivity index (χ0v) is 21.6. The van der Waals surface area contributed by atoms with Crippen LogP contribution in [0, 0.1) is 12.3 Å². The van der Waals surface area contributed by atoms with Crippen molar-refractivity contribution in [3.63, 3.8) is 0 Å². The van der Waals surface area contributed by atoms with Gasteiger partial charge in [0.2, 0.25) is 0 Å². The monoisotopic (exact) mass is 496 g/mol. The summed E-state index contributed by atoms with van der Waals surface area (Å²) in [5, 5.41) is -1.80. The number of aryl methyl sites for hydroxylation is 1. The SMILES string of the molecule is C=CCS(=O)(=O)C(CC(Cc1ccc(C)cc1)(C(=O)OC(C)C)C(=O)OC(C)C)C(=O)OCC. The number of rotatable bonds is 13. The van der Waals surface area contributed by atoms with Crippen LogP contribution >= 0.6 is 0 Å². The van der Waals surface area contributed by atoms with Gasteiger partial charge < -0.3 is 14.2 Å². The summed E-state index contributed by atoms with van der Waals surface area (Å²) < 4.78 is 41.9. The number of benzene rings is 1. The van der Waals surface area contributed by atoms with Crippen molar-refractivity contribution in [1.29, 1.82) is 0 Å². The van der Waals surface area contributed by atoms with Crippen molar-refractivity contribution in [2.24, 2.45) is 5.41 Å². The minimum absolute atomic E-state index is 0.0726. The van der Waals surface area contributed by atoms with Gasteiger partial charge in [0.15, 0.2) is 20.5 Å². The Kier molecular flexibility index (Phi) is 11.0. The molecule has 1 rings (SSSR count). The van der Waals surface area contributed by atoms with Crippen molar-refractivity contribution in [1.82, 2.24) is 0 Å². The molecule has 0 aromatic heterocycles. The minimum atomic E-state index is -4.16. The Morgan fingerprint density at radius 1 is 1.00 bits per heavy atom. The van der Waals surface area contributed by atoms with Gasteiger partial charge in [0.1, 0.15) is 0 Å². The maximum atomic E-state index is 13.5. The summed E-state index contributed by atoms with van der Waals surface area (Å²) in [5.74, 6) is -3.50. The van der Waals surface area contributed by atoms with E-state index in [2.05, 4.69) is 6.58 Å². The highest BCUT2D eigenvalue weighted by Crippen LogP contribution is 2.36. The van der Waals surface area contributed by atoms with Crippen LogP contribution in [0.1, 0.15) is 52.2 Å². The fourth-order valence-corrected chi connectivity index (χ4v) is 4.82. The van der Waals surface area contributed by atoms with Gasteiger partial charge in [-0.05, 0) is 53.5 Å². The van der Waals surface area contributed by atoms with E-state index < -0.39 is 62.8 Å². The van der Waals surface area contributed by atoms with Gasteiger partial charge in [-0.3, -0.25) is 14.4 Å². The highest BCUT2D eigenvalue weighted by molar-refractivity contribution is 7.92. The molecule has 34 heavy (non-hydrogen) atoms. The Morgan fingerprint density at radius 3 is 1.91 bits per heavy atom. The molecule has 0 bridgehead atoms. The van der Waals surface area contributed by atoms with Crippen LogP contribution in [-0.2, 0) is 44.9 Å². The molecule has 1 aromatic carbocycles. The van der Waals surface area contributed by atoms with Crippen LogP contribution in [0.4, 0.5) is 0 Å². The molecule has 1 aromatic rings. The Morgan fingerprint density at radius 2 is 1.50 bits per heavy atom. The lowest BCUT2D eigenvalue weighted by Gasteiger charge is -2.33. The molecule has 8 nitrogen and oxygen atoms in total. The number of carbonyl (C=O) groups excluding carboxylic acids is 3. The van der Waals surface area contributed by atoms with Crippen molar-refractivity contribution in [2.45, 2.75) is 71.8 Å². The molecule has 0 saturated heterocycles. The number of ether oxygens (including phenoxy) is 3. The Balaban J connectivity index is 3.77.